The van der Waals surface area contributed by atoms with E-state index in [0.29, 0.717) is 0 Å². The van der Waals surface area contributed by atoms with E-state index in [1.807, 2.05) is 0 Å². The Kier molecular flexibility index (Phi) is 10.9. The summed E-state index contributed by atoms with van der Waals surface area (Å²) >= 11 is 0. The van der Waals surface area contributed by atoms with Gasteiger partial charge in [-0.1, -0.05) is 20.3 Å². The van der Waals surface area contributed by atoms with E-state index in [1.165, 1.54) is 6.42 Å². The van der Waals surface area contributed by atoms with Crippen LogP contribution in [0.1, 0.15) is 26.7 Å². The topological polar surface area (TPSA) is 21.7 Å². The molecule has 1 saturated heterocycles. The molecular formula is C11H25NO2. The molecule has 0 aromatic rings. The number of hydrogen-bond donors (Lipinski definition) is 0. The van der Waals surface area contributed by atoms with E-state index < -0.39 is 0 Å². The van der Waals surface area contributed by atoms with Gasteiger partial charge in [-0.25, -0.2) is 0 Å². The molecule has 1 aliphatic rings. The van der Waals surface area contributed by atoms with Crippen molar-refractivity contribution in [1.29, 1.82) is 0 Å². The van der Waals surface area contributed by atoms with Crippen molar-refractivity contribution >= 4 is 0 Å². The molecule has 3 nitrogen and oxygen atoms in total. The average Bonchev–Trinajstić information content (AvgIpc) is 2.21. The quantitative estimate of drug-likeness (QED) is 0.650. The molecule has 0 unspecified atom stereocenters. The molecule has 86 valence electrons. The maximum atomic E-state index is 5.23. The first-order chi connectivity index (χ1) is 6.85. The second-order valence-electron chi connectivity index (χ2n) is 3.51. The smallest absolute Gasteiger partial charge is 0.0594 e. The van der Waals surface area contributed by atoms with E-state index in [4.69, 9.17) is 9.47 Å². The van der Waals surface area contributed by atoms with Crippen LogP contribution in [0, 0.1) is 0 Å². The van der Waals surface area contributed by atoms with Crippen molar-refractivity contribution in [2.24, 2.45) is 0 Å². The van der Waals surface area contributed by atoms with E-state index in [2.05, 4.69) is 18.7 Å². The number of hydrogen-bond acceptors (Lipinski definition) is 3. The van der Waals surface area contributed by atoms with Crippen LogP contribution in [-0.2, 0) is 9.47 Å². The van der Waals surface area contributed by atoms with Crippen LogP contribution in [-0.4, -0.2) is 51.5 Å². The fourth-order valence-electron chi connectivity index (χ4n) is 1.26. The largest absolute Gasteiger partial charge is 0.385 e. The Bertz CT molecular complexity index is 103. The summed E-state index contributed by atoms with van der Waals surface area (Å²) in [5.74, 6) is 0. The highest BCUT2D eigenvalue weighted by molar-refractivity contribution is 4.60. The van der Waals surface area contributed by atoms with Crippen molar-refractivity contribution in [2.45, 2.75) is 26.7 Å². The molecule has 1 fully saturated rings. The molecule has 0 spiro atoms. The third-order valence-electron chi connectivity index (χ3n) is 1.93. The average molecular weight is 203 g/mol. The molecule has 1 heterocycles. The fraction of sp³-hybridized carbons (Fsp3) is 1.00. The molecule has 0 bridgehead atoms. The van der Waals surface area contributed by atoms with Crippen LogP contribution >= 0.6 is 0 Å². The van der Waals surface area contributed by atoms with Gasteiger partial charge in [-0.05, 0) is 6.42 Å². The Balaban J connectivity index is 0.000000500. The predicted octanol–water partition coefficient (Wildman–Crippen LogP) is 1.77. The molecule has 0 aliphatic carbocycles. The number of nitrogens with zero attached hydrogens (tertiary/aromatic N) is 1. The van der Waals surface area contributed by atoms with E-state index >= 15 is 0 Å². The Morgan fingerprint density at radius 1 is 1.21 bits per heavy atom. The highest BCUT2D eigenvalue weighted by Crippen LogP contribution is 1.97. The lowest BCUT2D eigenvalue weighted by molar-refractivity contribution is 0.0340. The predicted molar refractivity (Wildman–Crippen MR) is 59.7 cm³/mol. The third kappa shape index (κ3) is 8.48. The summed E-state index contributed by atoms with van der Waals surface area (Å²) in [7, 11) is 1.75. The highest BCUT2D eigenvalue weighted by Gasteiger charge is 2.08. The Labute approximate surface area is 88.4 Å². The van der Waals surface area contributed by atoms with Crippen LogP contribution in [0.25, 0.3) is 0 Å². The molecule has 14 heavy (non-hydrogen) atoms. The fourth-order valence-corrected chi connectivity index (χ4v) is 1.26. The first kappa shape index (κ1) is 13.9. The molecule has 0 amide bonds. The molecule has 1 aliphatic heterocycles. The summed E-state index contributed by atoms with van der Waals surface area (Å²) in [5, 5.41) is 0. The summed E-state index contributed by atoms with van der Waals surface area (Å²) in [4.78, 5) is 2.42. The van der Waals surface area contributed by atoms with Gasteiger partial charge in [0.2, 0.25) is 0 Å². The van der Waals surface area contributed by atoms with Gasteiger partial charge in [0.15, 0.2) is 0 Å². The van der Waals surface area contributed by atoms with Crippen LogP contribution in [0.4, 0.5) is 0 Å². The minimum atomic E-state index is 0.872. The second kappa shape index (κ2) is 11.0. The van der Waals surface area contributed by atoms with Crippen LogP contribution in [0.5, 0.6) is 0 Å². The van der Waals surface area contributed by atoms with Gasteiger partial charge in [-0.15, -0.1) is 0 Å². The lowest BCUT2D eigenvalue weighted by Crippen LogP contribution is -2.37. The molecule has 0 radical (unpaired) electrons. The van der Waals surface area contributed by atoms with E-state index in [0.717, 1.165) is 45.9 Å². The van der Waals surface area contributed by atoms with Crippen molar-refractivity contribution in [3.63, 3.8) is 0 Å². The molecule has 0 N–H and O–H groups in total. The van der Waals surface area contributed by atoms with Gasteiger partial charge >= 0.3 is 0 Å². The van der Waals surface area contributed by atoms with Crippen molar-refractivity contribution in [2.75, 3.05) is 46.6 Å². The molecule has 3 heteroatoms. The Morgan fingerprint density at radius 3 is 2.29 bits per heavy atom. The van der Waals surface area contributed by atoms with Gasteiger partial charge in [-0.2, -0.15) is 0 Å². The summed E-state index contributed by atoms with van der Waals surface area (Å²) < 4.78 is 10.2. The van der Waals surface area contributed by atoms with Gasteiger partial charge in [0.25, 0.3) is 0 Å². The molecular weight excluding hydrogens is 178 g/mol. The molecule has 1 rings (SSSR count). The summed E-state index contributed by atoms with van der Waals surface area (Å²) in [6, 6.07) is 0. The summed E-state index contributed by atoms with van der Waals surface area (Å²) in [5.41, 5.74) is 0. The lowest BCUT2D eigenvalue weighted by atomic mass is 10.3. The van der Waals surface area contributed by atoms with Crippen molar-refractivity contribution < 1.29 is 9.47 Å². The number of morpholine rings is 1. The number of methoxy groups -OCH3 is 1. The standard InChI is InChI=1S/C8H17NO2.C3H8/c1-10-6-2-3-9-4-7-11-8-5-9;1-3-2/h2-8H2,1H3;3H2,1-2H3. The number of ether oxygens (including phenoxy) is 2. The van der Waals surface area contributed by atoms with Crippen LogP contribution < -0.4 is 0 Å². The zero-order valence-electron chi connectivity index (χ0n) is 9.92. The SMILES string of the molecule is CCC.COCCCN1CCOCC1. The monoisotopic (exact) mass is 203 g/mol. The van der Waals surface area contributed by atoms with Crippen LogP contribution in [0.2, 0.25) is 0 Å². The first-order valence-electron chi connectivity index (χ1n) is 5.64. The van der Waals surface area contributed by atoms with Gasteiger partial charge in [0.05, 0.1) is 13.2 Å². The molecule has 0 aromatic heterocycles. The first-order valence-corrected chi connectivity index (χ1v) is 5.64. The Hall–Kier alpha value is -0.120. The van der Waals surface area contributed by atoms with Gasteiger partial charge in [0.1, 0.15) is 0 Å². The number of rotatable bonds is 4. The van der Waals surface area contributed by atoms with Crippen LogP contribution in [0.15, 0.2) is 0 Å². The lowest BCUT2D eigenvalue weighted by Gasteiger charge is -2.26. The maximum absolute atomic E-state index is 5.23. The van der Waals surface area contributed by atoms with Gasteiger partial charge < -0.3 is 9.47 Å². The second-order valence-corrected chi connectivity index (χ2v) is 3.51. The summed E-state index contributed by atoms with van der Waals surface area (Å²) in [6.07, 6.45) is 2.39. The summed E-state index contributed by atoms with van der Waals surface area (Å²) in [6.45, 7) is 10.2. The highest BCUT2D eigenvalue weighted by atomic mass is 16.5. The minimum absolute atomic E-state index is 0.872. The van der Waals surface area contributed by atoms with E-state index in [9.17, 15) is 0 Å². The van der Waals surface area contributed by atoms with Crippen molar-refractivity contribution in [3.05, 3.63) is 0 Å². The van der Waals surface area contributed by atoms with Gasteiger partial charge in [0, 0.05) is 33.4 Å². The molecule has 0 atom stereocenters. The van der Waals surface area contributed by atoms with Crippen molar-refractivity contribution in [1.82, 2.24) is 4.90 Å². The van der Waals surface area contributed by atoms with E-state index in [-0.39, 0.29) is 0 Å². The molecule has 0 aromatic carbocycles. The zero-order chi connectivity index (χ0) is 10.6. The normalized spacial score (nSPS) is 17.4. The van der Waals surface area contributed by atoms with Crippen molar-refractivity contribution in [3.8, 4) is 0 Å². The van der Waals surface area contributed by atoms with Crippen LogP contribution in [0.3, 0.4) is 0 Å². The van der Waals surface area contributed by atoms with E-state index in [1.54, 1.807) is 7.11 Å². The minimum Gasteiger partial charge on any atom is -0.385 e. The van der Waals surface area contributed by atoms with Gasteiger partial charge in [-0.3, -0.25) is 4.90 Å². The molecule has 0 saturated carbocycles. The Morgan fingerprint density at radius 2 is 1.79 bits per heavy atom. The zero-order valence-corrected chi connectivity index (χ0v) is 9.92. The third-order valence-corrected chi connectivity index (χ3v) is 1.93. The maximum Gasteiger partial charge on any atom is 0.0594 e.